The summed E-state index contributed by atoms with van der Waals surface area (Å²) in [6.45, 7) is 14.0. The molecule has 0 N–H and O–H groups in total. The highest BCUT2D eigenvalue weighted by Crippen LogP contribution is 2.39. The molecular weight excluding hydrogens is 199 g/mol. The van der Waals surface area contributed by atoms with Gasteiger partial charge in [0.05, 0.1) is 0 Å². The molecule has 0 saturated carbocycles. The minimum Gasteiger partial charge on any atom is -0.242 e. The lowest BCUT2D eigenvalue weighted by Gasteiger charge is -2.34. The van der Waals surface area contributed by atoms with Gasteiger partial charge in [-0.15, -0.1) is 0 Å². The zero-order chi connectivity index (χ0) is 12.8. The van der Waals surface area contributed by atoms with E-state index in [9.17, 15) is 4.39 Å². The first-order valence-corrected chi connectivity index (χ1v) is 6.36. The van der Waals surface area contributed by atoms with Gasteiger partial charge in [0.15, 0.2) is 0 Å². The highest BCUT2D eigenvalue weighted by Gasteiger charge is 2.34. The van der Waals surface area contributed by atoms with E-state index in [1.165, 1.54) is 0 Å². The molecular formula is C15H27F. The summed E-state index contributed by atoms with van der Waals surface area (Å²) in [4.78, 5) is 0. The molecule has 0 aliphatic carbocycles. The van der Waals surface area contributed by atoms with Crippen molar-refractivity contribution in [2.75, 3.05) is 0 Å². The third-order valence-electron chi connectivity index (χ3n) is 3.32. The van der Waals surface area contributed by atoms with Gasteiger partial charge in [-0.25, -0.2) is 4.39 Å². The molecule has 16 heavy (non-hydrogen) atoms. The summed E-state index contributed by atoms with van der Waals surface area (Å²) in [5.74, 6) is 0. The van der Waals surface area contributed by atoms with Crippen molar-refractivity contribution in [2.45, 2.75) is 66.5 Å². The van der Waals surface area contributed by atoms with E-state index < -0.39 is 6.17 Å². The Labute approximate surface area is 101 Å². The molecule has 94 valence electrons. The van der Waals surface area contributed by atoms with Gasteiger partial charge in [0.2, 0.25) is 0 Å². The third kappa shape index (κ3) is 3.77. The Morgan fingerprint density at radius 3 is 1.94 bits per heavy atom. The molecule has 0 fully saturated rings. The molecule has 0 rings (SSSR count). The molecule has 0 aromatic carbocycles. The van der Waals surface area contributed by atoms with Crippen molar-refractivity contribution in [1.29, 1.82) is 0 Å². The maximum atomic E-state index is 14.6. The van der Waals surface area contributed by atoms with Crippen LogP contribution in [-0.4, -0.2) is 6.17 Å². The molecule has 0 aliphatic rings. The summed E-state index contributed by atoms with van der Waals surface area (Å²) in [7, 11) is 0. The maximum Gasteiger partial charge on any atom is 0.130 e. The molecule has 0 amide bonds. The highest BCUT2D eigenvalue weighted by molar-refractivity contribution is 5.28. The van der Waals surface area contributed by atoms with Crippen LogP contribution in [0.4, 0.5) is 4.39 Å². The zero-order valence-corrected chi connectivity index (χ0v) is 11.6. The van der Waals surface area contributed by atoms with E-state index in [0.29, 0.717) is 0 Å². The molecule has 0 bridgehead atoms. The molecule has 1 heteroatoms. The second-order valence-corrected chi connectivity index (χ2v) is 5.18. The Balaban J connectivity index is 5.06. The Bertz CT molecular complexity index is 240. The monoisotopic (exact) mass is 226 g/mol. The lowest BCUT2D eigenvalue weighted by molar-refractivity contribution is 0.129. The third-order valence-corrected chi connectivity index (χ3v) is 3.32. The van der Waals surface area contributed by atoms with Crippen molar-refractivity contribution in [3.8, 4) is 0 Å². The maximum absolute atomic E-state index is 14.6. The van der Waals surface area contributed by atoms with E-state index in [0.717, 1.165) is 36.8 Å². The van der Waals surface area contributed by atoms with Crippen LogP contribution >= 0.6 is 0 Å². The van der Waals surface area contributed by atoms with Gasteiger partial charge >= 0.3 is 0 Å². The summed E-state index contributed by atoms with van der Waals surface area (Å²) in [6, 6.07) is 0. The van der Waals surface area contributed by atoms with Crippen LogP contribution in [0.15, 0.2) is 23.8 Å². The normalized spacial score (nSPS) is 13.4. The highest BCUT2D eigenvalue weighted by atomic mass is 19.1. The fourth-order valence-electron chi connectivity index (χ4n) is 2.46. The average Bonchev–Trinajstić information content (AvgIpc) is 2.18. The predicted molar refractivity (Wildman–Crippen MR) is 71.4 cm³/mol. The first-order chi connectivity index (χ1) is 7.42. The molecule has 0 aliphatic heterocycles. The van der Waals surface area contributed by atoms with Gasteiger partial charge in [-0.05, 0) is 32.3 Å². The minimum atomic E-state index is -0.880. The van der Waals surface area contributed by atoms with Crippen LogP contribution in [0.1, 0.15) is 60.3 Å². The summed E-state index contributed by atoms with van der Waals surface area (Å²) < 4.78 is 14.6. The van der Waals surface area contributed by atoms with Gasteiger partial charge in [-0.2, -0.15) is 0 Å². The summed E-state index contributed by atoms with van der Waals surface area (Å²) >= 11 is 0. The van der Waals surface area contributed by atoms with E-state index in [-0.39, 0.29) is 5.41 Å². The van der Waals surface area contributed by atoms with E-state index in [1.54, 1.807) is 6.08 Å². The Morgan fingerprint density at radius 1 is 1.25 bits per heavy atom. The van der Waals surface area contributed by atoms with Crippen LogP contribution in [0.25, 0.3) is 0 Å². The smallest absolute Gasteiger partial charge is 0.130 e. The second-order valence-electron chi connectivity index (χ2n) is 5.18. The topological polar surface area (TPSA) is 0 Å². The van der Waals surface area contributed by atoms with Crippen molar-refractivity contribution in [1.82, 2.24) is 0 Å². The minimum absolute atomic E-state index is 0.232. The van der Waals surface area contributed by atoms with Crippen LogP contribution in [0, 0.1) is 5.41 Å². The number of allylic oxidation sites excluding steroid dienone is 3. The van der Waals surface area contributed by atoms with E-state index in [4.69, 9.17) is 0 Å². The predicted octanol–water partition coefficient (Wildman–Crippen LogP) is 5.45. The molecule has 0 radical (unpaired) electrons. The van der Waals surface area contributed by atoms with Gasteiger partial charge in [-0.1, -0.05) is 51.8 Å². The zero-order valence-electron chi connectivity index (χ0n) is 11.6. The number of halogens is 1. The number of rotatable bonds is 7. The average molecular weight is 226 g/mol. The van der Waals surface area contributed by atoms with Crippen molar-refractivity contribution in [3.63, 3.8) is 0 Å². The lowest BCUT2D eigenvalue weighted by atomic mass is 9.74. The second kappa shape index (κ2) is 6.88. The first kappa shape index (κ1) is 15.4. The molecule has 0 spiro atoms. The van der Waals surface area contributed by atoms with Crippen LogP contribution in [0.5, 0.6) is 0 Å². The van der Waals surface area contributed by atoms with Crippen molar-refractivity contribution in [2.24, 2.45) is 5.41 Å². The molecule has 1 unspecified atom stereocenters. The quantitative estimate of drug-likeness (QED) is 0.506. The number of hydrogen-bond donors (Lipinski definition) is 0. The molecule has 0 saturated heterocycles. The SMILES string of the molecule is C=CC(=C(C)C)C(F)C(C)(CCC)CCC. The Morgan fingerprint density at radius 2 is 1.69 bits per heavy atom. The van der Waals surface area contributed by atoms with Crippen molar-refractivity contribution < 1.29 is 4.39 Å². The van der Waals surface area contributed by atoms with E-state index in [1.807, 2.05) is 13.8 Å². The molecule has 0 heterocycles. The van der Waals surface area contributed by atoms with Crippen LogP contribution in [0.2, 0.25) is 0 Å². The first-order valence-electron chi connectivity index (χ1n) is 6.36. The van der Waals surface area contributed by atoms with Crippen LogP contribution in [0.3, 0.4) is 0 Å². The summed E-state index contributed by atoms with van der Waals surface area (Å²) in [5.41, 5.74) is 1.59. The fraction of sp³-hybridized carbons (Fsp3) is 0.733. The Hall–Kier alpha value is -0.590. The van der Waals surface area contributed by atoms with Gasteiger partial charge in [0.25, 0.3) is 0 Å². The Kier molecular flexibility index (Phi) is 6.62. The van der Waals surface area contributed by atoms with Crippen LogP contribution in [-0.2, 0) is 0 Å². The lowest BCUT2D eigenvalue weighted by Crippen LogP contribution is -2.30. The van der Waals surface area contributed by atoms with Gasteiger partial charge in [0.1, 0.15) is 6.17 Å². The van der Waals surface area contributed by atoms with Gasteiger partial charge in [0, 0.05) is 5.41 Å². The molecule has 0 aromatic rings. The van der Waals surface area contributed by atoms with Crippen molar-refractivity contribution >= 4 is 0 Å². The molecule has 1 atom stereocenters. The van der Waals surface area contributed by atoms with Gasteiger partial charge in [-0.3, -0.25) is 0 Å². The fourth-order valence-corrected chi connectivity index (χ4v) is 2.46. The largest absolute Gasteiger partial charge is 0.242 e. The molecule has 0 nitrogen and oxygen atoms in total. The number of alkyl halides is 1. The number of hydrogen-bond acceptors (Lipinski definition) is 0. The van der Waals surface area contributed by atoms with E-state index in [2.05, 4.69) is 27.4 Å². The standard InChI is InChI=1S/C15H27F/c1-7-10-15(6,11-8-2)14(16)13(9-3)12(4)5/h9,14H,3,7-8,10-11H2,1-2,4-6H3. The van der Waals surface area contributed by atoms with E-state index >= 15 is 0 Å². The summed E-state index contributed by atoms with van der Waals surface area (Å²) in [5, 5.41) is 0. The van der Waals surface area contributed by atoms with Crippen molar-refractivity contribution in [3.05, 3.63) is 23.8 Å². The summed E-state index contributed by atoms with van der Waals surface area (Å²) in [6.07, 6.45) is 4.74. The van der Waals surface area contributed by atoms with Crippen LogP contribution < -0.4 is 0 Å². The van der Waals surface area contributed by atoms with Gasteiger partial charge < -0.3 is 0 Å². The molecule has 0 aromatic heterocycles.